The predicted molar refractivity (Wildman–Crippen MR) is 221 cm³/mol. The number of hydrogen-bond donors (Lipinski definition) is 0. The first kappa shape index (κ1) is 33.2. The van der Waals surface area contributed by atoms with Crippen molar-refractivity contribution in [1.29, 1.82) is 5.26 Å². The molecule has 2 heterocycles. The molecule has 0 radical (unpaired) electrons. The van der Waals surface area contributed by atoms with Crippen LogP contribution in [0.5, 0.6) is 0 Å². The van der Waals surface area contributed by atoms with E-state index < -0.39 is 11.7 Å². The van der Waals surface area contributed by atoms with Crippen molar-refractivity contribution in [3.05, 3.63) is 193 Å². The van der Waals surface area contributed by atoms with Gasteiger partial charge in [-0.3, -0.25) is 0 Å². The van der Waals surface area contributed by atoms with Crippen molar-refractivity contribution in [2.75, 3.05) is 0 Å². The number of benzene rings is 8. The van der Waals surface area contributed by atoms with E-state index in [1.54, 1.807) is 18.2 Å². The Bertz CT molecular complexity index is 3180. The number of fused-ring (bicyclic) bond motifs is 6. The minimum atomic E-state index is -4.63. The molecule has 0 atom stereocenters. The quantitative estimate of drug-likeness (QED) is 0.174. The molecule has 56 heavy (non-hydrogen) atoms. The zero-order valence-corrected chi connectivity index (χ0v) is 29.8. The average Bonchev–Trinajstić information content (AvgIpc) is 3.75. The number of hydrogen-bond acceptors (Lipinski definition) is 1. The lowest BCUT2D eigenvalue weighted by Gasteiger charge is -2.21. The fraction of sp³-hybridized carbons (Fsp3) is 0.0200. The standard InChI is InChI=1S/C50H30F3N3/c51-50(52,53)43-20-10-7-17-37(43)42-30-48(55-44-21-11-8-18-38(44)40-27-34(23-25-46(40)55)32-13-3-1-4-14-32)36(31-54)29-49(42)56-45-22-12-9-19-39(45)41-28-35(24-26-47(41)56)33-15-5-2-6-16-33/h1-30H. The lowest BCUT2D eigenvalue weighted by molar-refractivity contribution is -0.137. The second kappa shape index (κ2) is 12.9. The summed E-state index contributed by atoms with van der Waals surface area (Å²) in [5, 5.41) is 14.8. The Balaban J connectivity index is 1.30. The maximum absolute atomic E-state index is 15.0. The summed E-state index contributed by atoms with van der Waals surface area (Å²) in [6, 6.07) is 60.2. The van der Waals surface area contributed by atoms with E-state index in [2.05, 4.69) is 48.5 Å². The van der Waals surface area contributed by atoms with Crippen LogP contribution in [0.3, 0.4) is 0 Å². The molecule has 6 heteroatoms. The van der Waals surface area contributed by atoms with E-state index in [0.29, 0.717) is 22.5 Å². The van der Waals surface area contributed by atoms with Gasteiger partial charge in [-0.2, -0.15) is 18.4 Å². The molecule has 0 N–H and O–H groups in total. The normalized spacial score (nSPS) is 11.8. The molecule has 0 saturated heterocycles. The Labute approximate surface area is 320 Å². The van der Waals surface area contributed by atoms with Crippen molar-refractivity contribution >= 4 is 43.6 Å². The van der Waals surface area contributed by atoms with Gasteiger partial charge >= 0.3 is 6.18 Å². The van der Waals surface area contributed by atoms with E-state index in [9.17, 15) is 18.4 Å². The van der Waals surface area contributed by atoms with Gasteiger partial charge in [0.25, 0.3) is 0 Å². The molecule has 0 amide bonds. The third kappa shape index (κ3) is 5.28. The molecule has 0 unspecified atom stereocenters. The van der Waals surface area contributed by atoms with Crippen molar-refractivity contribution in [2.45, 2.75) is 6.18 Å². The van der Waals surface area contributed by atoms with Gasteiger partial charge in [-0.15, -0.1) is 0 Å². The van der Waals surface area contributed by atoms with Gasteiger partial charge in [-0.05, 0) is 82.4 Å². The van der Waals surface area contributed by atoms with Crippen LogP contribution in [0.1, 0.15) is 11.1 Å². The van der Waals surface area contributed by atoms with Crippen molar-refractivity contribution < 1.29 is 13.2 Å². The summed E-state index contributed by atoms with van der Waals surface area (Å²) in [5.74, 6) is 0. The number of nitrogens with zero attached hydrogens (tertiary/aromatic N) is 3. The summed E-state index contributed by atoms with van der Waals surface area (Å²) in [4.78, 5) is 0. The van der Waals surface area contributed by atoms with Gasteiger partial charge in [-0.25, -0.2) is 0 Å². The van der Waals surface area contributed by atoms with E-state index in [0.717, 1.165) is 71.9 Å². The van der Waals surface area contributed by atoms with Gasteiger partial charge in [0.2, 0.25) is 0 Å². The van der Waals surface area contributed by atoms with Gasteiger partial charge in [-0.1, -0.05) is 127 Å². The molecule has 266 valence electrons. The SMILES string of the molecule is N#Cc1cc(-n2c3ccccc3c3cc(-c4ccccc4)ccc32)c(-c2ccccc2C(F)(F)F)cc1-n1c2ccccc2c2cc(-c3ccccc3)ccc21. The zero-order valence-electron chi connectivity index (χ0n) is 29.8. The zero-order chi connectivity index (χ0) is 38.0. The predicted octanol–water partition coefficient (Wildman–Crippen LogP) is 13.8. The highest BCUT2D eigenvalue weighted by molar-refractivity contribution is 6.12. The summed E-state index contributed by atoms with van der Waals surface area (Å²) in [6.07, 6.45) is -4.63. The van der Waals surface area contributed by atoms with Crippen LogP contribution in [0.4, 0.5) is 13.2 Å². The Hall–Kier alpha value is -7.36. The Kier molecular flexibility index (Phi) is 7.65. The Morgan fingerprint density at radius 1 is 0.393 bits per heavy atom. The summed E-state index contributed by atoms with van der Waals surface area (Å²) in [5.41, 5.74) is 8.46. The van der Waals surface area contributed by atoms with E-state index >= 15 is 0 Å². The number of alkyl halides is 3. The number of halogens is 3. The second-order valence-corrected chi connectivity index (χ2v) is 13.9. The van der Waals surface area contributed by atoms with Crippen molar-refractivity contribution in [3.63, 3.8) is 0 Å². The van der Waals surface area contributed by atoms with Crippen LogP contribution in [0.2, 0.25) is 0 Å². The minimum absolute atomic E-state index is 0.0275. The fourth-order valence-corrected chi connectivity index (χ4v) is 8.30. The molecule has 8 aromatic carbocycles. The molecule has 0 bridgehead atoms. The number of aromatic nitrogens is 2. The lowest BCUT2D eigenvalue weighted by Crippen LogP contribution is -2.09. The van der Waals surface area contributed by atoms with Gasteiger partial charge in [0.15, 0.2) is 0 Å². The lowest BCUT2D eigenvalue weighted by atomic mass is 9.95. The molecule has 10 aromatic rings. The largest absolute Gasteiger partial charge is 0.417 e. The van der Waals surface area contributed by atoms with Crippen LogP contribution in [0, 0.1) is 11.3 Å². The van der Waals surface area contributed by atoms with E-state index in [-0.39, 0.29) is 5.56 Å². The smallest absolute Gasteiger partial charge is 0.309 e. The highest BCUT2D eigenvalue weighted by Gasteiger charge is 2.34. The minimum Gasteiger partial charge on any atom is -0.309 e. The fourth-order valence-electron chi connectivity index (χ4n) is 8.30. The van der Waals surface area contributed by atoms with E-state index in [1.165, 1.54) is 12.1 Å². The van der Waals surface area contributed by atoms with Crippen molar-refractivity contribution in [1.82, 2.24) is 9.13 Å². The number of nitriles is 1. The van der Waals surface area contributed by atoms with Crippen LogP contribution in [-0.4, -0.2) is 9.13 Å². The highest BCUT2D eigenvalue weighted by Crippen LogP contribution is 2.45. The first-order valence-electron chi connectivity index (χ1n) is 18.3. The molecule has 0 aliphatic carbocycles. The molecule has 3 nitrogen and oxygen atoms in total. The van der Waals surface area contributed by atoms with Crippen LogP contribution in [0.25, 0.3) is 88.4 Å². The maximum atomic E-state index is 15.0. The Morgan fingerprint density at radius 2 is 0.857 bits per heavy atom. The van der Waals surface area contributed by atoms with Crippen molar-refractivity contribution in [2.24, 2.45) is 0 Å². The van der Waals surface area contributed by atoms with Crippen LogP contribution >= 0.6 is 0 Å². The summed E-state index contributed by atoms with van der Waals surface area (Å²) >= 11 is 0. The molecule has 0 aliphatic rings. The van der Waals surface area contributed by atoms with E-state index in [4.69, 9.17) is 0 Å². The van der Waals surface area contributed by atoms with Gasteiger partial charge < -0.3 is 9.13 Å². The number of para-hydroxylation sites is 2. The first-order valence-corrected chi connectivity index (χ1v) is 18.3. The third-order valence-corrected chi connectivity index (χ3v) is 10.8. The molecular weight excluding hydrogens is 700 g/mol. The molecule has 0 fully saturated rings. The monoisotopic (exact) mass is 729 g/mol. The first-order chi connectivity index (χ1) is 27.4. The maximum Gasteiger partial charge on any atom is 0.417 e. The Morgan fingerprint density at radius 3 is 1.39 bits per heavy atom. The van der Waals surface area contributed by atoms with E-state index in [1.807, 2.05) is 112 Å². The van der Waals surface area contributed by atoms with Crippen LogP contribution in [-0.2, 0) is 6.18 Å². The molecule has 2 aromatic heterocycles. The van der Waals surface area contributed by atoms with Gasteiger partial charge in [0.1, 0.15) is 6.07 Å². The molecule has 0 aliphatic heterocycles. The van der Waals surface area contributed by atoms with Gasteiger partial charge in [0, 0.05) is 27.1 Å². The van der Waals surface area contributed by atoms with Crippen LogP contribution in [0.15, 0.2) is 182 Å². The summed E-state index contributed by atoms with van der Waals surface area (Å²) in [7, 11) is 0. The topological polar surface area (TPSA) is 33.6 Å². The highest BCUT2D eigenvalue weighted by atomic mass is 19.4. The van der Waals surface area contributed by atoms with Gasteiger partial charge in [0.05, 0.1) is 44.6 Å². The average molecular weight is 730 g/mol. The molecule has 10 rings (SSSR count). The second-order valence-electron chi connectivity index (χ2n) is 13.9. The molecular formula is C50H30F3N3. The summed E-state index contributed by atoms with van der Waals surface area (Å²) < 4.78 is 48.9. The number of rotatable bonds is 5. The molecule has 0 saturated carbocycles. The molecule has 0 spiro atoms. The third-order valence-electron chi connectivity index (χ3n) is 10.8. The van der Waals surface area contributed by atoms with Crippen LogP contribution < -0.4 is 0 Å². The summed E-state index contributed by atoms with van der Waals surface area (Å²) in [6.45, 7) is 0. The van der Waals surface area contributed by atoms with Crippen molar-refractivity contribution in [3.8, 4) is 50.8 Å².